The third-order valence-corrected chi connectivity index (χ3v) is 0.586. The van der Waals surface area contributed by atoms with Gasteiger partial charge in [-0.2, -0.15) is 0 Å². The molecule has 0 aliphatic heterocycles. The minimum atomic E-state index is -1.32. The molecule has 0 aliphatic carbocycles. The van der Waals surface area contributed by atoms with E-state index in [0.29, 0.717) is 6.54 Å². The van der Waals surface area contributed by atoms with Gasteiger partial charge in [0.1, 0.15) is 5.97 Å². The van der Waals surface area contributed by atoms with Crippen LogP contribution in [0.1, 0.15) is 0 Å². The van der Waals surface area contributed by atoms with Crippen LogP contribution in [0, 0.1) is 11.8 Å². The van der Waals surface area contributed by atoms with Crippen molar-refractivity contribution in [3.63, 3.8) is 0 Å². The van der Waals surface area contributed by atoms with E-state index in [0.717, 1.165) is 0 Å². The summed E-state index contributed by atoms with van der Waals surface area (Å²) < 4.78 is 0. The molecule has 50 valence electrons. The molecule has 0 N–H and O–H groups in total. The molecule has 0 rings (SSSR count). The SMILES string of the molecule is CN(C)CC#CC(=O)[O-].[Li+]. The summed E-state index contributed by atoms with van der Waals surface area (Å²) >= 11 is 0. The Morgan fingerprint density at radius 3 is 2.40 bits per heavy atom. The molecule has 0 unspecified atom stereocenters. The van der Waals surface area contributed by atoms with E-state index in [2.05, 4.69) is 5.92 Å². The molecule has 0 aliphatic rings. The Labute approximate surface area is 72.6 Å². The van der Waals surface area contributed by atoms with Crippen LogP contribution in [0.5, 0.6) is 0 Å². The van der Waals surface area contributed by atoms with E-state index >= 15 is 0 Å². The predicted molar refractivity (Wildman–Crippen MR) is 31.3 cm³/mol. The summed E-state index contributed by atoms with van der Waals surface area (Å²) in [5, 5.41) is 9.68. The molecule has 0 heterocycles. The summed E-state index contributed by atoms with van der Waals surface area (Å²) in [7, 11) is 3.62. The second-order valence-corrected chi connectivity index (χ2v) is 1.83. The number of hydrogen-bond donors (Lipinski definition) is 0. The van der Waals surface area contributed by atoms with Gasteiger partial charge in [-0.25, -0.2) is 0 Å². The molecular formula is C6H8LiNO2. The second kappa shape index (κ2) is 6.70. The number of nitrogens with zero attached hydrogens (tertiary/aromatic N) is 1. The third kappa shape index (κ3) is 10.5. The smallest absolute Gasteiger partial charge is 0.537 e. The molecule has 0 atom stereocenters. The van der Waals surface area contributed by atoms with Crippen molar-refractivity contribution in [3.8, 4) is 11.8 Å². The van der Waals surface area contributed by atoms with Crippen molar-refractivity contribution in [2.75, 3.05) is 20.6 Å². The number of hydrogen-bond acceptors (Lipinski definition) is 3. The molecular weight excluding hydrogens is 125 g/mol. The van der Waals surface area contributed by atoms with Crippen LogP contribution in [0.3, 0.4) is 0 Å². The maximum atomic E-state index is 9.68. The van der Waals surface area contributed by atoms with Crippen LogP contribution in [0.2, 0.25) is 0 Å². The summed E-state index contributed by atoms with van der Waals surface area (Å²) in [5.74, 6) is 2.97. The van der Waals surface area contributed by atoms with Crippen LogP contribution in [-0.2, 0) is 4.79 Å². The van der Waals surface area contributed by atoms with E-state index in [1.807, 2.05) is 20.0 Å². The molecule has 0 saturated carbocycles. The Morgan fingerprint density at radius 1 is 1.60 bits per heavy atom. The number of rotatable bonds is 1. The fourth-order valence-electron chi connectivity index (χ4n) is 0.270. The Kier molecular flexibility index (Phi) is 8.23. The topological polar surface area (TPSA) is 43.4 Å². The van der Waals surface area contributed by atoms with E-state index in [9.17, 15) is 9.90 Å². The van der Waals surface area contributed by atoms with Gasteiger partial charge in [-0.15, -0.1) is 0 Å². The van der Waals surface area contributed by atoms with Crippen LogP contribution in [0.4, 0.5) is 0 Å². The molecule has 0 aromatic carbocycles. The summed E-state index contributed by atoms with van der Waals surface area (Å²) in [6, 6.07) is 0. The summed E-state index contributed by atoms with van der Waals surface area (Å²) in [5.41, 5.74) is 0. The first-order valence-electron chi connectivity index (χ1n) is 2.47. The molecule has 0 aromatic rings. The fraction of sp³-hybridized carbons (Fsp3) is 0.500. The van der Waals surface area contributed by atoms with Crippen molar-refractivity contribution in [2.45, 2.75) is 0 Å². The average Bonchev–Trinajstić information content (AvgIpc) is 1.63. The fourth-order valence-corrected chi connectivity index (χ4v) is 0.270. The zero-order valence-corrected chi connectivity index (χ0v) is 6.47. The molecule has 0 aromatic heterocycles. The monoisotopic (exact) mass is 133 g/mol. The number of carbonyl (C=O) groups is 1. The Hall–Kier alpha value is -0.413. The van der Waals surface area contributed by atoms with Gasteiger partial charge in [0, 0.05) is 0 Å². The standard InChI is InChI=1S/C6H9NO2.Li/c1-7(2)5-3-4-6(8)9;/h5H2,1-2H3,(H,8,9);/q;+1/p-1. The van der Waals surface area contributed by atoms with E-state index < -0.39 is 5.97 Å². The maximum Gasteiger partial charge on any atom is 1.00 e. The Morgan fingerprint density at radius 2 is 2.10 bits per heavy atom. The first-order chi connectivity index (χ1) is 4.13. The molecule has 0 fully saturated rings. The molecule has 0 spiro atoms. The second-order valence-electron chi connectivity index (χ2n) is 1.83. The molecule has 10 heavy (non-hydrogen) atoms. The van der Waals surface area contributed by atoms with Crippen molar-refractivity contribution < 1.29 is 28.8 Å². The van der Waals surface area contributed by atoms with Crippen LogP contribution in [0.25, 0.3) is 0 Å². The molecule has 0 amide bonds. The van der Waals surface area contributed by atoms with Gasteiger partial charge in [0.05, 0.1) is 6.54 Å². The first kappa shape index (κ1) is 12.3. The van der Waals surface area contributed by atoms with Crippen LogP contribution in [-0.4, -0.2) is 31.5 Å². The van der Waals surface area contributed by atoms with Gasteiger partial charge < -0.3 is 9.90 Å². The van der Waals surface area contributed by atoms with E-state index in [1.165, 1.54) is 0 Å². The van der Waals surface area contributed by atoms with Gasteiger partial charge in [0.15, 0.2) is 0 Å². The predicted octanol–water partition coefficient (Wildman–Crippen LogP) is -4.69. The third-order valence-electron chi connectivity index (χ3n) is 0.586. The number of carbonyl (C=O) groups excluding carboxylic acids is 1. The molecule has 0 saturated heterocycles. The number of carboxylic acid groups (broad SMARTS) is 1. The van der Waals surface area contributed by atoms with Gasteiger partial charge in [-0.1, -0.05) is 5.92 Å². The molecule has 0 radical (unpaired) electrons. The Bertz CT molecular complexity index is 157. The molecule has 4 heteroatoms. The van der Waals surface area contributed by atoms with Crippen LogP contribution >= 0.6 is 0 Å². The van der Waals surface area contributed by atoms with Crippen molar-refractivity contribution in [2.24, 2.45) is 0 Å². The van der Waals surface area contributed by atoms with E-state index in [4.69, 9.17) is 0 Å². The minimum Gasteiger partial charge on any atom is -0.537 e. The van der Waals surface area contributed by atoms with Gasteiger partial charge in [-0.3, -0.25) is 4.90 Å². The zero-order chi connectivity index (χ0) is 7.28. The normalized spacial score (nSPS) is 7.50. The van der Waals surface area contributed by atoms with Crippen LogP contribution < -0.4 is 24.0 Å². The maximum absolute atomic E-state index is 9.68. The van der Waals surface area contributed by atoms with Crippen LogP contribution in [0.15, 0.2) is 0 Å². The number of aliphatic carboxylic acids is 1. The minimum absolute atomic E-state index is 0. The number of carboxylic acids is 1. The Balaban J connectivity index is 0. The van der Waals surface area contributed by atoms with Gasteiger partial charge in [0.25, 0.3) is 0 Å². The largest absolute Gasteiger partial charge is 1.00 e. The zero-order valence-electron chi connectivity index (χ0n) is 6.47. The molecule has 3 nitrogen and oxygen atoms in total. The van der Waals surface area contributed by atoms with E-state index in [-0.39, 0.29) is 18.9 Å². The first-order valence-corrected chi connectivity index (χ1v) is 2.47. The van der Waals surface area contributed by atoms with Crippen molar-refractivity contribution >= 4 is 5.97 Å². The van der Waals surface area contributed by atoms with Crippen molar-refractivity contribution in [3.05, 3.63) is 0 Å². The summed E-state index contributed by atoms with van der Waals surface area (Å²) in [6.45, 7) is 0.452. The quantitative estimate of drug-likeness (QED) is 0.267. The molecule has 0 bridgehead atoms. The average molecular weight is 133 g/mol. The van der Waals surface area contributed by atoms with Crippen molar-refractivity contribution in [1.82, 2.24) is 4.90 Å². The summed E-state index contributed by atoms with van der Waals surface area (Å²) in [6.07, 6.45) is 0. The van der Waals surface area contributed by atoms with Crippen molar-refractivity contribution in [1.29, 1.82) is 0 Å². The van der Waals surface area contributed by atoms with Gasteiger partial charge >= 0.3 is 18.9 Å². The van der Waals surface area contributed by atoms with Gasteiger partial charge in [-0.05, 0) is 20.0 Å². The van der Waals surface area contributed by atoms with Gasteiger partial charge in [0.2, 0.25) is 0 Å². The van der Waals surface area contributed by atoms with E-state index in [1.54, 1.807) is 4.90 Å². The summed E-state index contributed by atoms with van der Waals surface area (Å²) in [4.78, 5) is 11.5.